The summed E-state index contributed by atoms with van der Waals surface area (Å²) >= 11 is 0. The maximum atomic E-state index is 5.68. The normalized spacial score (nSPS) is 13.5. The van der Waals surface area contributed by atoms with Gasteiger partial charge in [-0.1, -0.05) is 424 Å². The molecule has 1 atom stereocenters. The van der Waals surface area contributed by atoms with Crippen LogP contribution in [0.3, 0.4) is 0 Å². The summed E-state index contributed by atoms with van der Waals surface area (Å²) in [6.45, 7) is 2.17. The first-order valence-electron chi connectivity index (χ1n) is 41.2. The van der Waals surface area contributed by atoms with Crippen molar-refractivity contribution in [3.63, 3.8) is 0 Å². The zero-order valence-corrected chi connectivity index (χ0v) is 65.9. The predicted molar refractivity (Wildman–Crippen MR) is 491 cm³/mol. The molecule has 18 aromatic carbocycles. The van der Waals surface area contributed by atoms with Crippen LogP contribution in [-0.4, -0.2) is 29.9 Å². The summed E-state index contributed by atoms with van der Waals surface area (Å²) < 4.78 is 0. The van der Waals surface area contributed by atoms with E-state index in [2.05, 4.69) is 438 Å². The molecule has 6 heteroatoms. The van der Waals surface area contributed by atoms with E-state index in [1.807, 2.05) is 0 Å². The van der Waals surface area contributed by atoms with Crippen LogP contribution < -0.4 is 0 Å². The van der Waals surface area contributed by atoms with Gasteiger partial charge in [0, 0.05) is 33.4 Å². The lowest BCUT2D eigenvalue weighted by Gasteiger charge is -2.34. The molecule has 0 N–H and O–H groups in total. The third-order valence-electron chi connectivity index (χ3n) is 24.7. The third kappa shape index (κ3) is 12.2. The van der Waals surface area contributed by atoms with Crippen molar-refractivity contribution in [2.45, 2.75) is 24.2 Å². The molecule has 2 heterocycles. The molecule has 0 saturated heterocycles. The second-order valence-corrected chi connectivity index (χ2v) is 31.6. The van der Waals surface area contributed by atoms with E-state index in [4.69, 9.17) is 29.9 Å². The Balaban J connectivity index is 0.644. The number of rotatable bonds is 16. The Labute approximate surface area is 698 Å². The summed E-state index contributed by atoms with van der Waals surface area (Å²) in [7, 11) is 0. The average molecular weight is 1530 g/mol. The quantitative estimate of drug-likeness (QED) is 0.0959. The van der Waals surface area contributed by atoms with E-state index in [9.17, 15) is 0 Å². The highest BCUT2D eigenvalue weighted by Gasteiger charge is 2.48. The first kappa shape index (κ1) is 71.1. The molecule has 120 heavy (non-hydrogen) atoms. The van der Waals surface area contributed by atoms with E-state index >= 15 is 0 Å². The molecule has 0 aliphatic heterocycles. The van der Waals surface area contributed by atoms with Crippen molar-refractivity contribution in [2.24, 2.45) is 0 Å². The van der Waals surface area contributed by atoms with Crippen molar-refractivity contribution < 1.29 is 0 Å². The van der Waals surface area contributed by atoms with Crippen LogP contribution in [0.25, 0.3) is 157 Å². The van der Waals surface area contributed by atoms with Crippen molar-refractivity contribution in [3.05, 3.63) is 492 Å². The molecule has 22 rings (SSSR count). The summed E-state index contributed by atoms with van der Waals surface area (Å²) in [4.78, 5) is 33.1. The minimum absolute atomic E-state index is 0.587. The highest BCUT2D eigenvalue weighted by molar-refractivity contribution is 6.02. The van der Waals surface area contributed by atoms with E-state index in [1.54, 1.807) is 0 Å². The molecule has 6 nitrogen and oxygen atoms in total. The lowest BCUT2D eigenvalue weighted by molar-refractivity contribution is 0.767. The highest BCUT2D eigenvalue weighted by Crippen LogP contribution is 2.60. The maximum Gasteiger partial charge on any atom is 0.164 e. The predicted octanol–water partition coefficient (Wildman–Crippen LogP) is 27.7. The van der Waals surface area contributed by atoms with Crippen LogP contribution in [0.5, 0.6) is 0 Å². The minimum Gasteiger partial charge on any atom is -0.208 e. The summed E-state index contributed by atoms with van der Waals surface area (Å²) in [6, 6.07) is 156. The molecule has 562 valence electrons. The Morgan fingerprint density at radius 1 is 0.192 bits per heavy atom. The van der Waals surface area contributed by atoms with Gasteiger partial charge in [0.15, 0.2) is 34.9 Å². The zero-order chi connectivity index (χ0) is 79.7. The van der Waals surface area contributed by atoms with Gasteiger partial charge in [-0.05, 0) is 169 Å². The summed E-state index contributed by atoms with van der Waals surface area (Å²) in [5.74, 6) is 3.56. The van der Waals surface area contributed by atoms with Gasteiger partial charge in [-0.2, -0.15) is 0 Å². The molecule has 2 aliphatic carbocycles. The molecule has 0 bridgehead atoms. The van der Waals surface area contributed by atoms with Gasteiger partial charge in [-0.15, -0.1) is 0 Å². The lowest BCUT2D eigenvalue weighted by Crippen LogP contribution is -2.28. The molecule has 1 unspecified atom stereocenters. The lowest BCUT2D eigenvalue weighted by atomic mass is 9.67. The van der Waals surface area contributed by atoms with Crippen molar-refractivity contribution in [3.8, 4) is 135 Å². The van der Waals surface area contributed by atoms with E-state index in [-0.39, 0.29) is 0 Å². The molecule has 20 aromatic rings. The molecule has 0 saturated carbocycles. The Bertz CT molecular complexity index is 7290. The number of nitrogens with zero attached hydrogens (tertiary/aromatic N) is 6. The van der Waals surface area contributed by atoms with Crippen molar-refractivity contribution in [2.75, 3.05) is 0 Å². The van der Waals surface area contributed by atoms with Crippen LogP contribution in [-0.2, 0) is 17.3 Å². The van der Waals surface area contributed by atoms with Gasteiger partial charge in [0.25, 0.3) is 0 Å². The standard InChI is InChI=1S/C114H76N6/c1-74-50-65-90(66-51-74)114(102-47-20-18-41-96(102)97-69-64-87(73-105(97)114)110-116-107(83-60-56-79(57-61-83)77-26-6-2-7-27-77)115-109(117-110)86-34-22-33-85(72-86)93-44-23-31-81-30-14-15-39-92(81)93)91-67-53-75(54-68-91)70-76-52-55-82-32-24-45-95(101(82)71-76)94-40-16-17-42-98(94)111-118-108(84-62-58-80(59-63-84)78-28-8-3-9-29-78)119-112(120-111)100-46-25-49-104-106(100)99-43-19-21-48-103(99)113(104,88-35-10-4-11-36-88)89-37-12-5-13-38-89/h2-69,71-73H,70H2,1H3. The van der Waals surface area contributed by atoms with Crippen LogP contribution in [0.2, 0.25) is 0 Å². The number of benzene rings is 18. The summed E-state index contributed by atoms with van der Waals surface area (Å²) in [5, 5.41) is 4.66. The molecule has 0 spiro atoms. The SMILES string of the molecule is Cc1ccc(C2(c3ccc(Cc4ccc5cccc(-c6ccccc6-c6nc(-c7ccc(-c8ccccc8)cc7)nc(-c7cccc8c7-c7ccccc7C8(c7ccccc7)c7ccccc7)n6)c5c4)cc3)c3ccccc3-c3ccc(-c4nc(-c5ccc(-c6ccccc6)cc5)nc(-c5cccc(-c6cccc7ccccc67)c5)n4)cc32)cc1. The fraction of sp³-hybridized carbons (Fsp3) is 0.0351. The Morgan fingerprint density at radius 3 is 1.21 bits per heavy atom. The monoisotopic (exact) mass is 1530 g/mol. The Morgan fingerprint density at radius 2 is 0.567 bits per heavy atom. The van der Waals surface area contributed by atoms with Crippen molar-refractivity contribution in [1.82, 2.24) is 29.9 Å². The fourth-order valence-corrected chi connectivity index (χ4v) is 19.1. The molecule has 2 aliphatic rings. The molecule has 0 radical (unpaired) electrons. The van der Waals surface area contributed by atoms with E-state index in [0.717, 1.165) is 99.8 Å². The fourth-order valence-electron chi connectivity index (χ4n) is 19.1. The van der Waals surface area contributed by atoms with Gasteiger partial charge >= 0.3 is 0 Å². The third-order valence-corrected chi connectivity index (χ3v) is 24.7. The zero-order valence-electron chi connectivity index (χ0n) is 65.9. The van der Waals surface area contributed by atoms with Crippen molar-refractivity contribution >= 4 is 21.5 Å². The van der Waals surface area contributed by atoms with Gasteiger partial charge in [-0.25, -0.2) is 29.9 Å². The highest BCUT2D eigenvalue weighted by atomic mass is 15.0. The maximum absolute atomic E-state index is 5.68. The van der Waals surface area contributed by atoms with Gasteiger partial charge < -0.3 is 0 Å². The molecular weight excluding hydrogens is 1450 g/mol. The van der Waals surface area contributed by atoms with E-state index in [1.165, 1.54) is 83.1 Å². The minimum atomic E-state index is -0.728. The second-order valence-electron chi connectivity index (χ2n) is 31.6. The van der Waals surface area contributed by atoms with Crippen LogP contribution in [0.4, 0.5) is 0 Å². The van der Waals surface area contributed by atoms with E-state index < -0.39 is 10.8 Å². The number of hydrogen-bond donors (Lipinski definition) is 0. The molecule has 0 fully saturated rings. The van der Waals surface area contributed by atoms with Crippen LogP contribution in [0, 0.1) is 6.92 Å². The van der Waals surface area contributed by atoms with Gasteiger partial charge in [0.2, 0.25) is 0 Å². The first-order chi connectivity index (χ1) is 59.3. The van der Waals surface area contributed by atoms with Crippen LogP contribution in [0.1, 0.15) is 61.2 Å². The summed E-state index contributed by atoms with van der Waals surface area (Å²) in [6.07, 6.45) is 0.703. The smallest absolute Gasteiger partial charge is 0.164 e. The first-order valence-corrected chi connectivity index (χ1v) is 41.2. The van der Waals surface area contributed by atoms with Gasteiger partial charge in [0.05, 0.1) is 10.8 Å². The number of hydrogen-bond acceptors (Lipinski definition) is 6. The second kappa shape index (κ2) is 29.7. The largest absolute Gasteiger partial charge is 0.208 e. The molecule has 2 aromatic heterocycles. The van der Waals surface area contributed by atoms with Gasteiger partial charge in [-0.3, -0.25) is 0 Å². The Hall–Kier alpha value is -15.5. The van der Waals surface area contributed by atoms with Crippen LogP contribution in [0.15, 0.2) is 431 Å². The Kier molecular flexibility index (Phi) is 17.6. The number of fused-ring (bicyclic) bond motifs is 8. The molecular formula is C114H76N6. The summed E-state index contributed by atoms with van der Waals surface area (Å²) in [5.41, 5.74) is 30.7. The number of aryl methyl sites for hydroxylation is 1. The van der Waals surface area contributed by atoms with Crippen molar-refractivity contribution in [1.29, 1.82) is 0 Å². The molecule has 0 amide bonds. The average Bonchev–Trinajstić information content (AvgIpc) is 1.54. The van der Waals surface area contributed by atoms with E-state index in [0.29, 0.717) is 41.4 Å². The van der Waals surface area contributed by atoms with Crippen LogP contribution >= 0.6 is 0 Å². The topological polar surface area (TPSA) is 77.3 Å². The number of aromatic nitrogens is 6. The van der Waals surface area contributed by atoms with Gasteiger partial charge in [0.1, 0.15) is 0 Å².